The van der Waals surface area contributed by atoms with Gasteiger partial charge in [0.15, 0.2) is 11.0 Å². The Kier molecular flexibility index (Phi) is 9.58. The molecule has 0 spiro atoms. The van der Waals surface area contributed by atoms with Crippen molar-refractivity contribution < 1.29 is 19.1 Å². The summed E-state index contributed by atoms with van der Waals surface area (Å²) < 4.78 is 12.8. The summed E-state index contributed by atoms with van der Waals surface area (Å²) in [6, 6.07) is 17.7. The van der Waals surface area contributed by atoms with Gasteiger partial charge in [0.1, 0.15) is 10.8 Å². The van der Waals surface area contributed by atoms with Crippen LogP contribution in [0.1, 0.15) is 53.3 Å². The van der Waals surface area contributed by atoms with Crippen LogP contribution in [0.4, 0.5) is 10.7 Å². The summed E-state index contributed by atoms with van der Waals surface area (Å²) in [6.07, 6.45) is 3.06. The molecule has 0 atom stereocenters. The summed E-state index contributed by atoms with van der Waals surface area (Å²) in [7, 11) is 0. The summed E-state index contributed by atoms with van der Waals surface area (Å²) in [5, 5.41) is 16.6. The van der Waals surface area contributed by atoms with Crippen LogP contribution in [0.3, 0.4) is 0 Å². The number of nitrogens with zero attached hydrogens (tertiary/aromatic N) is 3. The Bertz CT molecular complexity index is 1480. The molecule has 0 radical (unpaired) electrons. The Balaban J connectivity index is 1.24. The summed E-state index contributed by atoms with van der Waals surface area (Å²) in [5.41, 5.74) is 3.45. The fourth-order valence-corrected chi connectivity index (χ4v) is 6.90. The second-order valence-electron chi connectivity index (χ2n) is 9.31. The maximum absolute atomic E-state index is 12.9. The summed E-state index contributed by atoms with van der Waals surface area (Å²) in [5.74, 6) is 1.57. The highest BCUT2D eigenvalue weighted by atomic mass is 32.2. The van der Waals surface area contributed by atoms with Gasteiger partial charge in [-0.2, -0.15) is 0 Å². The zero-order chi connectivity index (χ0) is 28.6. The van der Waals surface area contributed by atoms with Crippen LogP contribution in [-0.2, 0) is 28.9 Å². The Morgan fingerprint density at radius 1 is 1.02 bits per heavy atom. The second-order valence-corrected chi connectivity index (χ2v) is 11.5. The van der Waals surface area contributed by atoms with Crippen LogP contribution in [0.2, 0.25) is 0 Å². The lowest BCUT2D eigenvalue weighted by Crippen LogP contribution is -2.15. The smallest absolute Gasteiger partial charge is 0.341 e. The number of thiophene rings is 1. The molecular formula is C30H33N5O4S2. The number of carbonyl (C=O) groups excluding carboxylic acids is 2. The Morgan fingerprint density at radius 3 is 2.59 bits per heavy atom. The average Bonchev–Trinajstić information content (AvgIpc) is 3.68. The zero-order valence-corrected chi connectivity index (χ0v) is 24.8. The molecule has 2 aromatic carbocycles. The van der Waals surface area contributed by atoms with Crippen molar-refractivity contribution in [3.05, 3.63) is 76.4 Å². The van der Waals surface area contributed by atoms with E-state index in [2.05, 4.69) is 20.8 Å². The van der Waals surface area contributed by atoms with Gasteiger partial charge in [-0.25, -0.2) is 4.79 Å². The molecule has 0 aliphatic heterocycles. The SMILES string of the molecule is CCOC(=O)c1c(NC(=O)CCSc2nnc(CNc3ccc(OCC)cc3)n2-c2ccccc2)sc2c1CCC2. The van der Waals surface area contributed by atoms with Crippen molar-refractivity contribution in [3.8, 4) is 11.4 Å². The maximum Gasteiger partial charge on any atom is 0.341 e. The number of rotatable bonds is 13. The molecule has 0 unspecified atom stereocenters. The Hall–Kier alpha value is -3.83. The summed E-state index contributed by atoms with van der Waals surface area (Å²) >= 11 is 2.96. The molecular weight excluding hydrogens is 558 g/mol. The van der Waals surface area contributed by atoms with E-state index in [9.17, 15) is 9.59 Å². The minimum absolute atomic E-state index is 0.147. The van der Waals surface area contributed by atoms with Crippen molar-refractivity contribution in [3.63, 3.8) is 0 Å². The third-order valence-electron chi connectivity index (χ3n) is 6.54. The molecule has 1 aliphatic carbocycles. The monoisotopic (exact) mass is 591 g/mol. The van der Waals surface area contributed by atoms with Crippen LogP contribution < -0.4 is 15.4 Å². The van der Waals surface area contributed by atoms with Crippen LogP contribution in [0.5, 0.6) is 5.75 Å². The van der Waals surface area contributed by atoms with Crippen LogP contribution >= 0.6 is 23.1 Å². The number of thioether (sulfide) groups is 1. The molecule has 2 N–H and O–H groups in total. The number of benzene rings is 2. The highest BCUT2D eigenvalue weighted by Gasteiger charge is 2.28. The maximum atomic E-state index is 12.9. The number of hydrogen-bond donors (Lipinski definition) is 2. The number of fused-ring (bicyclic) bond motifs is 1. The first kappa shape index (κ1) is 28.7. The third-order valence-corrected chi connectivity index (χ3v) is 8.68. The van der Waals surface area contributed by atoms with Crippen molar-refractivity contribution in [1.29, 1.82) is 0 Å². The lowest BCUT2D eigenvalue weighted by Gasteiger charge is -2.12. The molecule has 0 bridgehead atoms. The number of hydrogen-bond acceptors (Lipinski definition) is 9. The number of carbonyl (C=O) groups is 2. The summed E-state index contributed by atoms with van der Waals surface area (Å²) in [4.78, 5) is 26.7. The van der Waals surface area contributed by atoms with Gasteiger partial charge in [-0.05, 0) is 75.1 Å². The number of amides is 1. The van der Waals surface area contributed by atoms with E-state index in [1.807, 2.05) is 66.1 Å². The van der Waals surface area contributed by atoms with Gasteiger partial charge in [0.2, 0.25) is 5.91 Å². The molecule has 1 aliphatic rings. The van der Waals surface area contributed by atoms with Crippen LogP contribution in [0, 0.1) is 0 Å². The van der Waals surface area contributed by atoms with E-state index in [0.717, 1.165) is 47.8 Å². The van der Waals surface area contributed by atoms with Gasteiger partial charge in [0, 0.05) is 28.4 Å². The Morgan fingerprint density at radius 2 is 1.83 bits per heavy atom. The highest BCUT2D eigenvalue weighted by molar-refractivity contribution is 7.99. The molecule has 9 nitrogen and oxygen atoms in total. The molecule has 0 fully saturated rings. The minimum atomic E-state index is -0.362. The summed E-state index contributed by atoms with van der Waals surface area (Å²) in [6.45, 7) is 5.14. The Labute approximate surface area is 247 Å². The lowest BCUT2D eigenvalue weighted by molar-refractivity contribution is -0.115. The van der Waals surface area contributed by atoms with Crippen LogP contribution in [-0.4, -0.2) is 45.6 Å². The van der Waals surface area contributed by atoms with Crippen molar-refractivity contribution in [1.82, 2.24) is 14.8 Å². The number of esters is 1. The van der Waals surface area contributed by atoms with Gasteiger partial charge in [-0.1, -0.05) is 30.0 Å². The first-order valence-corrected chi connectivity index (χ1v) is 15.6. The number of aromatic nitrogens is 3. The topological polar surface area (TPSA) is 107 Å². The average molecular weight is 592 g/mol. The van der Waals surface area contributed by atoms with Gasteiger partial charge in [0.25, 0.3) is 0 Å². The first-order valence-electron chi connectivity index (χ1n) is 13.8. The quantitative estimate of drug-likeness (QED) is 0.141. The van der Waals surface area contributed by atoms with E-state index < -0.39 is 0 Å². The second kappa shape index (κ2) is 13.7. The fraction of sp³-hybridized carbons (Fsp3) is 0.333. The van der Waals surface area contributed by atoms with E-state index >= 15 is 0 Å². The number of aryl methyl sites for hydroxylation is 1. The largest absolute Gasteiger partial charge is 0.494 e. The predicted octanol–water partition coefficient (Wildman–Crippen LogP) is 6.13. The van der Waals surface area contributed by atoms with E-state index in [0.29, 0.717) is 41.2 Å². The molecule has 0 saturated heterocycles. The van der Waals surface area contributed by atoms with E-state index in [-0.39, 0.29) is 18.3 Å². The van der Waals surface area contributed by atoms with E-state index in [1.165, 1.54) is 28.0 Å². The molecule has 4 aromatic rings. The highest BCUT2D eigenvalue weighted by Crippen LogP contribution is 2.39. The molecule has 0 saturated carbocycles. The normalized spacial score (nSPS) is 12.1. The van der Waals surface area contributed by atoms with Crippen LogP contribution in [0.25, 0.3) is 5.69 Å². The van der Waals surface area contributed by atoms with Crippen LogP contribution in [0.15, 0.2) is 59.8 Å². The van der Waals surface area contributed by atoms with Crippen molar-refractivity contribution in [2.75, 3.05) is 29.6 Å². The number of ether oxygens (including phenoxy) is 2. The number of anilines is 2. The zero-order valence-electron chi connectivity index (χ0n) is 23.1. The van der Waals surface area contributed by atoms with Crippen molar-refractivity contribution >= 4 is 45.7 Å². The molecule has 214 valence electrons. The van der Waals surface area contributed by atoms with Crippen molar-refractivity contribution in [2.45, 2.75) is 51.2 Å². The van der Waals surface area contributed by atoms with Gasteiger partial charge < -0.3 is 20.1 Å². The fourth-order valence-electron chi connectivity index (χ4n) is 4.70. The molecule has 2 heterocycles. The van der Waals surface area contributed by atoms with E-state index in [1.54, 1.807) is 6.92 Å². The lowest BCUT2D eigenvalue weighted by atomic mass is 10.1. The molecule has 41 heavy (non-hydrogen) atoms. The molecule has 11 heteroatoms. The number of para-hydroxylation sites is 1. The number of nitrogens with one attached hydrogen (secondary N) is 2. The van der Waals surface area contributed by atoms with Gasteiger partial charge >= 0.3 is 5.97 Å². The van der Waals surface area contributed by atoms with Crippen molar-refractivity contribution in [2.24, 2.45) is 0 Å². The van der Waals surface area contributed by atoms with Gasteiger partial charge in [0.05, 0.1) is 25.3 Å². The molecule has 1 amide bonds. The van der Waals surface area contributed by atoms with E-state index in [4.69, 9.17) is 9.47 Å². The standard InChI is InChI=1S/C30H33N5O4S2/c1-3-38-22-15-13-20(14-16-22)31-19-25-33-34-30(35(25)21-9-6-5-7-10-21)40-18-17-26(36)32-28-27(29(37)39-4-2)23-11-8-12-24(23)41-28/h5-7,9-10,13-16,31H,3-4,8,11-12,17-19H2,1-2H3,(H,32,36). The van der Waals surface area contributed by atoms with Gasteiger partial charge in [-0.15, -0.1) is 21.5 Å². The van der Waals surface area contributed by atoms with Gasteiger partial charge in [-0.3, -0.25) is 9.36 Å². The first-order chi connectivity index (χ1) is 20.1. The third kappa shape index (κ3) is 6.91. The predicted molar refractivity (Wildman–Crippen MR) is 163 cm³/mol. The molecule has 2 aromatic heterocycles. The minimum Gasteiger partial charge on any atom is -0.494 e. The molecule has 5 rings (SSSR count).